The van der Waals surface area contributed by atoms with Gasteiger partial charge in [-0.1, -0.05) is 29.8 Å². The highest BCUT2D eigenvalue weighted by Gasteiger charge is 2.23. The van der Waals surface area contributed by atoms with Crippen LogP contribution in [0, 0.1) is 0 Å². The van der Waals surface area contributed by atoms with Crippen LogP contribution >= 0.6 is 11.6 Å². The summed E-state index contributed by atoms with van der Waals surface area (Å²) in [6.07, 6.45) is 2.39. The first-order chi connectivity index (χ1) is 17.7. The van der Waals surface area contributed by atoms with Crippen molar-refractivity contribution >= 4 is 51.0 Å². The van der Waals surface area contributed by atoms with Crippen molar-refractivity contribution in [1.29, 1.82) is 0 Å². The lowest BCUT2D eigenvalue weighted by atomic mass is 10.2. The molecule has 3 aromatic carbocycles. The van der Waals surface area contributed by atoms with Crippen LogP contribution in [0.4, 0.5) is 11.4 Å². The van der Waals surface area contributed by atoms with E-state index in [-0.39, 0.29) is 18.2 Å². The molecule has 37 heavy (non-hydrogen) atoms. The van der Waals surface area contributed by atoms with E-state index >= 15 is 0 Å². The molecule has 12 heteroatoms. The van der Waals surface area contributed by atoms with E-state index in [1.807, 2.05) is 0 Å². The smallest absolute Gasteiger partial charge is 0.262 e. The minimum absolute atomic E-state index is 0.195. The fraction of sp³-hybridized carbons (Fsp3) is 0.160. The fourth-order valence-electron chi connectivity index (χ4n) is 3.12. The molecule has 0 fully saturated rings. The lowest BCUT2D eigenvalue weighted by Gasteiger charge is -2.23. The lowest BCUT2D eigenvalue weighted by molar-refractivity contribution is -0.119. The molecule has 3 rings (SSSR count). The number of rotatable bonds is 11. The molecule has 0 heterocycles. The molecule has 10 nitrogen and oxygen atoms in total. The van der Waals surface area contributed by atoms with Crippen molar-refractivity contribution in [2.45, 2.75) is 0 Å². The molecular formula is C25H25ClN4O6S. The average Bonchev–Trinajstić information content (AvgIpc) is 2.86. The van der Waals surface area contributed by atoms with Crippen LogP contribution in [0.2, 0.25) is 5.02 Å². The first-order valence-electron chi connectivity index (χ1n) is 10.9. The van der Waals surface area contributed by atoms with Crippen molar-refractivity contribution in [2.75, 3.05) is 36.1 Å². The molecule has 0 atom stereocenters. The number of methoxy groups -OCH3 is 1. The van der Waals surface area contributed by atoms with E-state index in [1.54, 1.807) is 72.8 Å². The molecule has 3 aromatic rings. The van der Waals surface area contributed by atoms with Crippen LogP contribution in [-0.4, -0.2) is 53.0 Å². The maximum atomic E-state index is 12.4. The maximum Gasteiger partial charge on any atom is 0.262 e. The molecule has 2 N–H and O–H groups in total. The molecular weight excluding hydrogens is 520 g/mol. The van der Waals surface area contributed by atoms with E-state index in [9.17, 15) is 18.0 Å². The Kier molecular flexibility index (Phi) is 9.47. The van der Waals surface area contributed by atoms with E-state index in [2.05, 4.69) is 15.8 Å². The summed E-state index contributed by atoms with van der Waals surface area (Å²) in [4.78, 5) is 24.4. The standard InChI is InChI=1S/C25H25ClN4O6S/c1-35-23-9-4-3-8-22(23)30(37(2,33)34)16-24(31)29-27-15-18-10-12-21(13-11-18)36-17-25(32)28-20-7-5-6-19(26)14-20/h3-15H,16-17H2,1-2H3,(H,28,32)(H,29,31)/b27-15-. The Morgan fingerprint density at radius 2 is 1.76 bits per heavy atom. The molecule has 0 aliphatic rings. The van der Waals surface area contributed by atoms with Gasteiger partial charge in [0, 0.05) is 10.7 Å². The number of carbonyl (C=O) groups is 2. The Morgan fingerprint density at radius 1 is 1.03 bits per heavy atom. The first-order valence-corrected chi connectivity index (χ1v) is 13.1. The molecule has 0 radical (unpaired) electrons. The van der Waals surface area contributed by atoms with Gasteiger partial charge in [0.15, 0.2) is 6.61 Å². The minimum atomic E-state index is -3.77. The summed E-state index contributed by atoms with van der Waals surface area (Å²) in [5.74, 6) is -0.207. The summed E-state index contributed by atoms with van der Waals surface area (Å²) in [6, 6.07) is 19.9. The van der Waals surface area contributed by atoms with E-state index in [0.717, 1.165) is 10.6 Å². The van der Waals surface area contributed by atoms with Crippen molar-refractivity contribution in [2.24, 2.45) is 5.10 Å². The average molecular weight is 545 g/mol. The van der Waals surface area contributed by atoms with Crippen LogP contribution < -0.4 is 24.5 Å². The second-order valence-electron chi connectivity index (χ2n) is 7.65. The number of nitrogens with zero attached hydrogens (tertiary/aromatic N) is 2. The van der Waals surface area contributed by atoms with Gasteiger partial charge in [0.1, 0.15) is 18.0 Å². The third-order valence-corrected chi connectivity index (χ3v) is 6.16. The van der Waals surface area contributed by atoms with Crippen molar-refractivity contribution in [3.05, 3.63) is 83.4 Å². The van der Waals surface area contributed by atoms with Crippen LogP contribution in [0.15, 0.2) is 77.9 Å². The third kappa shape index (κ3) is 8.51. The number of ether oxygens (including phenoxy) is 2. The Balaban J connectivity index is 1.52. The largest absolute Gasteiger partial charge is 0.495 e. The number of benzene rings is 3. The van der Waals surface area contributed by atoms with Gasteiger partial charge in [-0.15, -0.1) is 0 Å². The van der Waals surface area contributed by atoms with Gasteiger partial charge < -0.3 is 14.8 Å². The third-order valence-electron chi connectivity index (χ3n) is 4.80. The monoisotopic (exact) mass is 544 g/mol. The van der Waals surface area contributed by atoms with E-state index in [0.29, 0.717) is 27.8 Å². The van der Waals surface area contributed by atoms with Gasteiger partial charge in [-0.25, -0.2) is 13.8 Å². The number of hydrazone groups is 1. The van der Waals surface area contributed by atoms with Gasteiger partial charge >= 0.3 is 0 Å². The zero-order valence-electron chi connectivity index (χ0n) is 20.0. The number of carbonyl (C=O) groups excluding carboxylic acids is 2. The normalized spacial score (nSPS) is 11.1. The van der Waals surface area contributed by atoms with Gasteiger partial charge in [0.05, 0.1) is 25.3 Å². The zero-order valence-corrected chi connectivity index (χ0v) is 21.6. The number of amides is 2. The molecule has 0 aliphatic carbocycles. The highest BCUT2D eigenvalue weighted by molar-refractivity contribution is 7.92. The molecule has 0 aliphatic heterocycles. The van der Waals surface area contributed by atoms with Crippen LogP contribution in [0.1, 0.15) is 5.56 Å². The lowest BCUT2D eigenvalue weighted by Crippen LogP contribution is -2.39. The topological polar surface area (TPSA) is 126 Å². The van der Waals surface area contributed by atoms with Crippen LogP contribution in [0.5, 0.6) is 11.5 Å². The number of hydrogen-bond acceptors (Lipinski definition) is 7. The Morgan fingerprint density at radius 3 is 2.43 bits per heavy atom. The van der Waals surface area contributed by atoms with E-state index in [1.165, 1.54) is 13.3 Å². The number of halogens is 1. The zero-order chi connectivity index (χ0) is 26.8. The summed E-state index contributed by atoms with van der Waals surface area (Å²) in [5.41, 5.74) is 3.76. The number of hydrogen-bond donors (Lipinski definition) is 2. The van der Waals surface area contributed by atoms with Gasteiger partial charge in [-0.2, -0.15) is 5.10 Å². The summed E-state index contributed by atoms with van der Waals surface area (Å²) in [7, 11) is -2.35. The van der Waals surface area contributed by atoms with Gasteiger partial charge in [-0.05, 0) is 60.2 Å². The fourth-order valence-corrected chi connectivity index (χ4v) is 4.17. The summed E-state index contributed by atoms with van der Waals surface area (Å²) in [5, 5.41) is 7.07. The SMILES string of the molecule is COc1ccccc1N(CC(=O)N/N=C\c1ccc(OCC(=O)Nc2cccc(Cl)c2)cc1)S(C)(=O)=O. The van der Waals surface area contributed by atoms with Crippen molar-refractivity contribution in [3.63, 3.8) is 0 Å². The molecule has 194 valence electrons. The van der Waals surface area contributed by atoms with Gasteiger partial charge in [-0.3, -0.25) is 13.9 Å². The molecule has 0 aromatic heterocycles. The van der Waals surface area contributed by atoms with Crippen molar-refractivity contribution in [3.8, 4) is 11.5 Å². The van der Waals surface area contributed by atoms with Crippen LogP contribution in [-0.2, 0) is 19.6 Å². The quantitative estimate of drug-likeness (QED) is 0.282. The predicted molar refractivity (Wildman–Crippen MR) is 143 cm³/mol. The van der Waals surface area contributed by atoms with Gasteiger partial charge in [0.25, 0.3) is 11.8 Å². The number of anilines is 2. The maximum absolute atomic E-state index is 12.4. The first kappa shape index (κ1) is 27.5. The molecule has 2 amide bonds. The Hall–Kier alpha value is -4.09. The van der Waals surface area contributed by atoms with Crippen molar-refractivity contribution in [1.82, 2.24) is 5.43 Å². The van der Waals surface area contributed by atoms with Crippen LogP contribution in [0.25, 0.3) is 0 Å². The molecule has 0 spiro atoms. The van der Waals surface area contributed by atoms with E-state index in [4.69, 9.17) is 21.1 Å². The second kappa shape index (κ2) is 12.7. The van der Waals surface area contributed by atoms with E-state index < -0.39 is 22.5 Å². The molecule has 0 saturated carbocycles. The number of para-hydroxylation sites is 2. The van der Waals surface area contributed by atoms with Gasteiger partial charge in [0.2, 0.25) is 10.0 Å². The molecule has 0 unspecified atom stereocenters. The van der Waals surface area contributed by atoms with Crippen molar-refractivity contribution < 1.29 is 27.5 Å². The number of nitrogens with one attached hydrogen (secondary N) is 2. The summed E-state index contributed by atoms with van der Waals surface area (Å²) >= 11 is 5.90. The Bertz CT molecular complexity index is 1380. The highest BCUT2D eigenvalue weighted by Crippen LogP contribution is 2.29. The van der Waals surface area contributed by atoms with Crippen LogP contribution in [0.3, 0.4) is 0 Å². The Labute approximate surface area is 219 Å². The minimum Gasteiger partial charge on any atom is -0.495 e. The summed E-state index contributed by atoms with van der Waals surface area (Å²) < 4.78 is 36.2. The second-order valence-corrected chi connectivity index (χ2v) is 9.99. The highest BCUT2D eigenvalue weighted by atomic mass is 35.5. The summed E-state index contributed by atoms with van der Waals surface area (Å²) in [6.45, 7) is -0.681. The number of sulfonamides is 1. The molecule has 0 bridgehead atoms. The predicted octanol–water partition coefficient (Wildman–Crippen LogP) is 3.28. The molecule has 0 saturated heterocycles.